The van der Waals surface area contributed by atoms with Crippen molar-refractivity contribution in [3.05, 3.63) is 40.9 Å². The van der Waals surface area contributed by atoms with Crippen molar-refractivity contribution in [3.8, 4) is 0 Å². The number of benzene rings is 1. The van der Waals surface area contributed by atoms with Gasteiger partial charge in [0.2, 0.25) is 5.91 Å². The molecule has 2 aliphatic heterocycles. The third-order valence-corrected chi connectivity index (χ3v) is 7.04. The zero-order valence-corrected chi connectivity index (χ0v) is 17.1. The third-order valence-electron chi connectivity index (χ3n) is 4.83. The number of carbonyl (C=O) groups is 2. The zero-order chi connectivity index (χ0) is 20.6. The highest BCUT2D eigenvalue weighted by molar-refractivity contribution is 7.90. The van der Waals surface area contributed by atoms with E-state index >= 15 is 0 Å². The lowest BCUT2D eigenvalue weighted by Crippen LogP contribution is -2.43. The average molecular weight is 434 g/mol. The Morgan fingerprint density at radius 3 is 2.90 bits per heavy atom. The number of rotatable bonds is 3. The number of amidine groups is 1. The first-order valence-corrected chi connectivity index (χ1v) is 11.2. The Labute approximate surface area is 171 Å². The second kappa shape index (κ2) is 7.56. The van der Waals surface area contributed by atoms with Gasteiger partial charge in [0.15, 0.2) is 11.0 Å². The average Bonchev–Trinajstić information content (AvgIpc) is 3.30. The highest BCUT2D eigenvalue weighted by Crippen LogP contribution is 2.30. The molecule has 9 nitrogen and oxygen atoms in total. The number of sulfonamides is 1. The summed E-state index contributed by atoms with van der Waals surface area (Å²) in [7, 11) is -2.43. The number of likely N-dealkylation sites (tertiary alicyclic amines) is 1. The van der Waals surface area contributed by atoms with Gasteiger partial charge in [0.25, 0.3) is 10.0 Å². The van der Waals surface area contributed by atoms with Crippen LogP contribution in [-0.4, -0.2) is 56.2 Å². The minimum atomic E-state index is -3.70. The highest BCUT2D eigenvalue weighted by atomic mass is 32.2. The van der Waals surface area contributed by atoms with E-state index in [1.54, 1.807) is 18.2 Å². The summed E-state index contributed by atoms with van der Waals surface area (Å²) in [6.07, 6.45) is 2.75. The number of aromatic nitrogens is 1. The molecule has 29 heavy (non-hydrogen) atoms. The van der Waals surface area contributed by atoms with Gasteiger partial charge in [-0.05, 0) is 25.0 Å². The molecule has 11 heteroatoms. The largest absolute Gasteiger partial charge is 0.465 e. The second-order valence-electron chi connectivity index (χ2n) is 6.68. The minimum Gasteiger partial charge on any atom is -0.465 e. The van der Waals surface area contributed by atoms with Gasteiger partial charge in [0.05, 0.1) is 19.2 Å². The molecule has 1 amide bonds. The van der Waals surface area contributed by atoms with E-state index in [1.807, 2.05) is 4.90 Å². The molecule has 0 spiro atoms. The van der Waals surface area contributed by atoms with Gasteiger partial charge in [-0.3, -0.25) is 4.79 Å². The van der Waals surface area contributed by atoms with Gasteiger partial charge in [-0.2, -0.15) is 8.42 Å². The molecule has 2 aliphatic rings. The topological polar surface area (TPSA) is 118 Å². The summed E-state index contributed by atoms with van der Waals surface area (Å²) in [4.78, 5) is 30.6. The van der Waals surface area contributed by atoms with Gasteiger partial charge in [0.1, 0.15) is 9.77 Å². The Balaban J connectivity index is 1.48. The van der Waals surface area contributed by atoms with Crippen molar-refractivity contribution in [2.45, 2.75) is 17.7 Å². The number of ether oxygens (including phenoxy) is 1. The first-order valence-electron chi connectivity index (χ1n) is 8.93. The van der Waals surface area contributed by atoms with Crippen molar-refractivity contribution in [2.24, 2.45) is 10.3 Å². The lowest BCUT2D eigenvalue weighted by Gasteiger charge is -2.33. The number of hydrogen-bond acceptors (Lipinski definition) is 8. The smallest absolute Gasteiger partial charge is 0.349 e. The van der Waals surface area contributed by atoms with Crippen LogP contribution in [0.3, 0.4) is 0 Å². The summed E-state index contributed by atoms with van der Waals surface area (Å²) >= 11 is 1.04. The van der Waals surface area contributed by atoms with E-state index in [4.69, 9.17) is 0 Å². The summed E-state index contributed by atoms with van der Waals surface area (Å²) in [5.41, 5.74) is 0.566. The molecule has 152 valence electrons. The van der Waals surface area contributed by atoms with Gasteiger partial charge in [-0.25, -0.2) is 9.78 Å². The first kappa shape index (κ1) is 19.5. The number of anilines is 1. The molecular formula is C18H18N4O5S2. The molecule has 2 aromatic rings. The number of carbonyl (C=O) groups excluding carboxylic acids is 2. The van der Waals surface area contributed by atoms with E-state index in [2.05, 4.69) is 19.4 Å². The van der Waals surface area contributed by atoms with Crippen LogP contribution in [0.1, 0.15) is 28.1 Å². The van der Waals surface area contributed by atoms with Gasteiger partial charge in [-0.1, -0.05) is 23.5 Å². The number of esters is 1. The maximum Gasteiger partial charge on any atom is 0.349 e. The van der Waals surface area contributed by atoms with E-state index in [1.165, 1.54) is 19.4 Å². The fraction of sp³-hybridized carbons (Fsp3) is 0.333. The molecule has 1 aromatic heterocycles. The van der Waals surface area contributed by atoms with Crippen LogP contribution in [0.2, 0.25) is 0 Å². The molecule has 1 fully saturated rings. The van der Waals surface area contributed by atoms with Gasteiger partial charge in [0, 0.05) is 18.7 Å². The summed E-state index contributed by atoms with van der Waals surface area (Å²) in [6.45, 7) is 0.972. The molecule has 0 aliphatic carbocycles. The molecular weight excluding hydrogens is 416 g/mol. The standard InChI is InChI=1S/C18H18N4O5S2/c1-27-17(24)13-9-19-18(28-13)20-16(23)11-5-4-8-22(10-11)15-12-6-2-3-7-14(12)29(25,26)21-15/h2-3,6-7,9,11H,4-5,8,10H2,1H3,(H,19,20,23). The molecule has 1 saturated heterocycles. The van der Waals surface area contributed by atoms with E-state index in [0.29, 0.717) is 40.9 Å². The monoisotopic (exact) mass is 434 g/mol. The van der Waals surface area contributed by atoms with E-state index < -0.39 is 16.0 Å². The molecule has 0 saturated carbocycles. The van der Waals surface area contributed by atoms with E-state index in [0.717, 1.165) is 17.8 Å². The third kappa shape index (κ3) is 3.75. The van der Waals surface area contributed by atoms with Crippen molar-refractivity contribution >= 4 is 44.2 Å². The fourth-order valence-corrected chi connectivity index (χ4v) is 5.40. The Morgan fingerprint density at radius 1 is 1.31 bits per heavy atom. The highest BCUT2D eigenvalue weighted by Gasteiger charge is 2.35. The first-order chi connectivity index (χ1) is 13.9. The molecule has 1 atom stereocenters. The molecule has 0 bridgehead atoms. The zero-order valence-electron chi connectivity index (χ0n) is 15.5. The van der Waals surface area contributed by atoms with E-state index in [9.17, 15) is 18.0 Å². The number of methoxy groups -OCH3 is 1. The number of hydrogen-bond donors (Lipinski definition) is 1. The van der Waals surface area contributed by atoms with Crippen LogP contribution < -0.4 is 5.32 Å². The van der Waals surface area contributed by atoms with Crippen LogP contribution in [0.25, 0.3) is 0 Å². The summed E-state index contributed by atoms with van der Waals surface area (Å²) in [5.74, 6) is -0.700. The Kier molecular flexibility index (Phi) is 5.09. The van der Waals surface area contributed by atoms with Crippen molar-refractivity contribution in [1.82, 2.24) is 9.88 Å². The fourth-order valence-electron chi connectivity index (χ4n) is 3.43. The number of fused-ring (bicyclic) bond motifs is 1. The maximum absolute atomic E-state index is 12.7. The quantitative estimate of drug-likeness (QED) is 0.731. The van der Waals surface area contributed by atoms with Crippen LogP contribution >= 0.6 is 11.3 Å². The van der Waals surface area contributed by atoms with Crippen LogP contribution in [0.15, 0.2) is 39.8 Å². The number of amides is 1. The lowest BCUT2D eigenvalue weighted by atomic mass is 9.96. The minimum absolute atomic E-state index is 0.194. The number of nitrogens with one attached hydrogen (secondary N) is 1. The van der Waals surface area contributed by atoms with Crippen molar-refractivity contribution in [2.75, 3.05) is 25.5 Å². The molecule has 1 N–H and O–H groups in total. The molecule has 3 heterocycles. The van der Waals surface area contributed by atoms with Crippen LogP contribution in [0.4, 0.5) is 5.13 Å². The van der Waals surface area contributed by atoms with E-state index in [-0.39, 0.29) is 16.7 Å². The van der Waals surface area contributed by atoms with Crippen molar-refractivity contribution in [3.63, 3.8) is 0 Å². The molecule has 1 aromatic carbocycles. The predicted octanol–water partition coefficient (Wildman–Crippen LogP) is 1.73. The Hall–Kier alpha value is -2.79. The summed E-state index contributed by atoms with van der Waals surface area (Å²) in [5, 5.41) is 3.05. The van der Waals surface area contributed by atoms with Gasteiger partial charge < -0.3 is 15.0 Å². The second-order valence-corrected chi connectivity index (χ2v) is 9.28. The normalized spacial score (nSPS) is 20.0. The van der Waals surface area contributed by atoms with Crippen molar-refractivity contribution < 1.29 is 22.7 Å². The predicted molar refractivity (Wildman–Crippen MR) is 107 cm³/mol. The molecule has 4 rings (SSSR count). The number of piperidine rings is 1. The van der Waals surface area contributed by atoms with Crippen molar-refractivity contribution in [1.29, 1.82) is 0 Å². The Bertz CT molecular complexity index is 1110. The van der Waals surface area contributed by atoms with Gasteiger partial charge in [-0.15, -0.1) is 4.40 Å². The summed E-state index contributed by atoms with van der Waals surface area (Å²) < 4.78 is 33.2. The molecule has 0 radical (unpaired) electrons. The van der Waals surface area contributed by atoms with Crippen LogP contribution in [-0.2, 0) is 19.6 Å². The summed E-state index contributed by atoms with van der Waals surface area (Å²) in [6, 6.07) is 6.70. The van der Waals surface area contributed by atoms with Crippen LogP contribution in [0.5, 0.6) is 0 Å². The molecule has 1 unspecified atom stereocenters. The van der Waals surface area contributed by atoms with Gasteiger partial charge >= 0.3 is 5.97 Å². The number of thiazole rings is 1. The Morgan fingerprint density at radius 2 is 2.10 bits per heavy atom. The maximum atomic E-state index is 12.7. The SMILES string of the molecule is COC(=O)c1cnc(NC(=O)C2CCCN(C3=NS(=O)(=O)c4ccccc43)C2)s1. The number of nitrogens with zero attached hydrogens (tertiary/aromatic N) is 3. The van der Waals surface area contributed by atoms with Crippen LogP contribution in [0, 0.1) is 5.92 Å². The lowest BCUT2D eigenvalue weighted by molar-refractivity contribution is -0.121.